The van der Waals surface area contributed by atoms with Gasteiger partial charge in [-0.05, 0) is 30.8 Å². The molecule has 6 heteroatoms. The lowest BCUT2D eigenvalue weighted by Crippen LogP contribution is -2.28. The molecule has 0 radical (unpaired) electrons. The van der Waals surface area contributed by atoms with Gasteiger partial charge in [-0.3, -0.25) is 0 Å². The molecule has 0 aliphatic carbocycles. The highest BCUT2D eigenvalue weighted by Crippen LogP contribution is 2.36. The maximum atomic E-state index is 13.0. The summed E-state index contributed by atoms with van der Waals surface area (Å²) in [4.78, 5) is 2.08. The Balaban J connectivity index is 2.79. The van der Waals surface area contributed by atoms with Crippen molar-refractivity contribution in [1.82, 2.24) is 4.90 Å². The monoisotopic (exact) mass is 290 g/mol. The van der Waals surface area contributed by atoms with Gasteiger partial charge in [0, 0.05) is 13.1 Å². The van der Waals surface area contributed by atoms with Crippen molar-refractivity contribution in [2.45, 2.75) is 26.6 Å². The van der Waals surface area contributed by atoms with Crippen molar-refractivity contribution >= 4 is 0 Å². The van der Waals surface area contributed by atoms with Crippen LogP contribution in [0.5, 0.6) is 5.75 Å². The Morgan fingerprint density at radius 1 is 1.20 bits per heavy atom. The van der Waals surface area contributed by atoms with Gasteiger partial charge in [-0.15, -0.1) is 0 Å². The van der Waals surface area contributed by atoms with Crippen LogP contribution in [0.3, 0.4) is 0 Å². The van der Waals surface area contributed by atoms with E-state index in [1.807, 2.05) is 13.8 Å². The molecule has 0 saturated heterocycles. The van der Waals surface area contributed by atoms with E-state index in [1.54, 1.807) is 6.07 Å². The van der Waals surface area contributed by atoms with Crippen molar-refractivity contribution in [2.75, 3.05) is 26.2 Å². The fourth-order valence-corrected chi connectivity index (χ4v) is 1.88. The Morgan fingerprint density at radius 2 is 1.85 bits per heavy atom. The van der Waals surface area contributed by atoms with Gasteiger partial charge >= 0.3 is 6.18 Å². The van der Waals surface area contributed by atoms with Crippen LogP contribution < -0.4 is 10.5 Å². The second kappa shape index (κ2) is 7.50. The van der Waals surface area contributed by atoms with Crippen LogP contribution in [0.4, 0.5) is 13.2 Å². The molecule has 0 fully saturated rings. The number of ether oxygens (including phenoxy) is 1. The van der Waals surface area contributed by atoms with E-state index in [9.17, 15) is 13.2 Å². The zero-order chi connectivity index (χ0) is 15.2. The highest BCUT2D eigenvalue weighted by atomic mass is 19.4. The van der Waals surface area contributed by atoms with Crippen molar-refractivity contribution in [3.05, 3.63) is 29.3 Å². The van der Waals surface area contributed by atoms with Crippen molar-refractivity contribution < 1.29 is 17.9 Å². The number of hydrogen-bond donors (Lipinski definition) is 1. The number of likely N-dealkylation sites (N-methyl/N-ethyl adjacent to an activating group) is 1. The van der Waals surface area contributed by atoms with Crippen molar-refractivity contribution in [2.24, 2.45) is 5.73 Å². The van der Waals surface area contributed by atoms with Gasteiger partial charge in [-0.1, -0.05) is 19.9 Å². The van der Waals surface area contributed by atoms with Crippen LogP contribution in [0.2, 0.25) is 0 Å². The predicted octanol–water partition coefficient (Wildman–Crippen LogP) is 2.88. The third-order valence-electron chi connectivity index (χ3n) is 3.14. The average molecular weight is 290 g/mol. The second-order valence-corrected chi connectivity index (χ2v) is 4.41. The molecule has 0 heterocycles. The third kappa shape index (κ3) is 4.68. The largest absolute Gasteiger partial charge is 0.492 e. The van der Waals surface area contributed by atoms with E-state index in [0.29, 0.717) is 12.1 Å². The van der Waals surface area contributed by atoms with E-state index < -0.39 is 11.7 Å². The first-order chi connectivity index (χ1) is 9.42. The predicted molar refractivity (Wildman–Crippen MR) is 72.6 cm³/mol. The standard InChI is InChI=1S/C14H21F3N2O/c1-3-19(4-2)7-8-20-13-6-5-11(10-18)9-12(13)14(15,16)17/h5-6,9H,3-4,7-8,10,18H2,1-2H3. The van der Waals surface area contributed by atoms with Crippen LogP contribution in [0.25, 0.3) is 0 Å². The van der Waals surface area contributed by atoms with Crippen molar-refractivity contribution in [3.8, 4) is 5.75 Å². The lowest BCUT2D eigenvalue weighted by atomic mass is 10.1. The number of rotatable bonds is 7. The molecule has 1 aromatic carbocycles. The molecule has 0 atom stereocenters. The quantitative estimate of drug-likeness (QED) is 0.839. The zero-order valence-corrected chi connectivity index (χ0v) is 11.8. The smallest absolute Gasteiger partial charge is 0.419 e. The Hall–Kier alpha value is -1.27. The summed E-state index contributed by atoms with van der Waals surface area (Å²) in [5.74, 6) is -0.137. The van der Waals surface area contributed by atoms with Gasteiger partial charge in [0.2, 0.25) is 0 Å². The first-order valence-corrected chi connectivity index (χ1v) is 6.67. The zero-order valence-electron chi connectivity index (χ0n) is 11.8. The van der Waals surface area contributed by atoms with Crippen LogP contribution in [-0.4, -0.2) is 31.1 Å². The third-order valence-corrected chi connectivity index (χ3v) is 3.14. The van der Waals surface area contributed by atoms with E-state index in [1.165, 1.54) is 6.07 Å². The number of alkyl halides is 3. The molecule has 114 valence electrons. The summed E-state index contributed by atoms with van der Waals surface area (Å²) in [5.41, 5.74) is 5.05. The molecule has 0 amide bonds. The van der Waals surface area contributed by atoms with Crippen LogP contribution in [0.15, 0.2) is 18.2 Å². The van der Waals surface area contributed by atoms with E-state index in [2.05, 4.69) is 4.90 Å². The fraction of sp³-hybridized carbons (Fsp3) is 0.571. The van der Waals surface area contributed by atoms with Crippen molar-refractivity contribution in [1.29, 1.82) is 0 Å². The molecule has 20 heavy (non-hydrogen) atoms. The number of hydrogen-bond acceptors (Lipinski definition) is 3. The second-order valence-electron chi connectivity index (χ2n) is 4.41. The summed E-state index contributed by atoms with van der Waals surface area (Å²) in [6.07, 6.45) is -4.43. The van der Waals surface area contributed by atoms with Gasteiger partial charge in [0.15, 0.2) is 0 Å². The Kier molecular flexibility index (Phi) is 6.29. The summed E-state index contributed by atoms with van der Waals surface area (Å²) < 4.78 is 44.1. The minimum absolute atomic E-state index is 0.0722. The SMILES string of the molecule is CCN(CC)CCOc1ccc(CN)cc1C(F)(F)F. The lowest BCUT2D eigenvalue weighted by molar-refractivity contribution is -0.139. The molecule has 0 bridgehead atoms. The lowest BCUT2D eigenvalue weighted by Gasteiger charge is -2.19. The summed E-state index contributed by atoms with van der Waals surface area (Å²) in [6.45, 7) is 6.59. The summed E-state index contributed by atoms with van der Waals surface area (Å²) in [6, 6.07) is 3.95. The molecule has 1 aromatic rings. The van der Waals surface area contributed by atoms with Gasteiger partial charge in [0.25, 0.3) is 0 Å². The molecule has 3 nitrogen and oxygen atoms in total. The molecular weight excluding hydrogens is 269 g/mol. The number of benzene rings is 1. The van der Waals surface area contributed by atoms with Crippen LogP contribution in [-0.2, 0) is 12.7 Å². The van der Waals surface area contributed by atoms with Gasteiger partial charge in [-0.2, -0.15) is 13.2 Å². The van der Waals surface area contributed by atoms with Gasteiger partial charge in [0.1, 0.15) is 12.4 Å². The van der Waals surface area contributed by atoms with E-state index in [4.69, 9.17) is 10.5 Å². The topological polar surface area (TPSA) is 38.5 Å². The molecular formula is C14H21F3N2O. The molecule has 0 spiro atoms. The number of nitrogens with two attached hydrogens (primary N) is 1. The Morgan fingerprint density at radius 3 is 2.35 bits per heavy atom. The van der Waals surface area contributed by atoms with E-state index >= 15 is 0 Å². The van der Waals surface area contributed by atoms with Gasteiger partial charge in [-0.25, -0.2) is 0 Å². The molecule has 0 aliphatic rings. The molecule has 2 N–H and O–H groups in total. The summed E-state index contributed by atoms with van der Waals surface area (Å²) in [5, 5.41) is 0. The molecule has 0 aliphatic heterocycles. The highest BCUT2D eigenvalue weighted by molar-refractivity contribution is 5.39. The molecule has 0 unspecified atom stereocenters. The molecule has 1 rings (SSSR count). The van der Waals surface area contributed by atoms with Crippen LogP contribution in [0.1, 0.15) is 25.0 Å². The van der Waals surface area contributed by atoms with E-state index in [-0.39, 0.29) is 18.9 Å². The first kappa shape index (κ1) is 16.8. The van der Waals surface area contributed by atoms with E-state index in [0.717, 1.165) is 19.2 Å². The van der Waals surface area contributed by atoms with Gasteiger partial charge in [0.05, 0.1) is 5.56 Å². The molecule has 0 aromatic heterocycles. The first-order valence-electron chi connectivity index (χ1n) is 6.67. The van der Waals surface area contributed by atoms with Crippen molar-refractivity contribution in [3.63, 3.8) is 0 Å². The maximum Gasteiger partial charge on any atom is 0.419 e. The minimum Gasteiger partial charge on any atom is -0.492 e. The summed E-state index contributed by atoms with van der Waals surface area (Å²) >= 11 is 0. The Labute approximate surface area is 117 Å². The number of halogens is 3. The Bertz CT molecular complexity index is 417. The van der Waals surface area contributed by atoms with Gasteiger partial charge < -0.3 is 15.4 Å². The molecule has 0 saturated carbocycles. The maximum absolute atomic E-state index is 13.0. The van der Waals surface area contributed by atoms with Crippen LogP contribution in [0, 0.1) is 0 Å². The summed E-state index contributed by atoms with van der Waals surface area (Å²) in [7, 11) is 0. The van der Waals surface area contributed by atoms with Crippen LogP contribution >= 0.6 is 0 Å². The average Bonchev–Trinajstić information content (AvgIpc) is 2.42. The highest BCUT2D eigenvalue weighted by Gasteiger charge is 2.34. The normalized spacial score (nSPS) is 11.9. The minimum atomic E-state index is -4.43. The number of nitrogens with zero attached hydrogens (tertiary/aromatic N) is 1. The fourth-order valence-electron chi connectivity index (χ4n) is 1.88.